The van der Waals surface area contributed by atoms with E-state index in [0.717, 1.165) is 16.9 Å². The zero-order chi connectivity index (χ0) is 16.1. The first-order valence-electron chi connectivity index (χ1n) is 7.15. The molecule has 4 nitrogen and oxygen atoms in total. The van der Waals surface area contributed by atoms with Gasteiger partial charge in [0.15, 0.2) is 5.70 Å². The van der Waals surface area contributed by atoms with Crippen molar-refractivity contribution in [3.63, 3.8) is 0 Å². The number of hydrogen-bond donors (Lipinski definition) is 0. The van der Waals surface area contributed by atoms with Crippen LogP contribution in [0.4, 0.5) is 0 Å². The van der Waals surface area contributed by atoms with Crippen molar-refractivity contribution in [2.45, 2.75) is 0 Å². The predicted octanol–water partition coefficient (Wildman–Crippen LogP) is 3.70. The summed E-state index contributed by atoms with van der Waals surface area (Å²) < 4.78 is 10.4. The molecule has 0 radical (unpaired) electrons. The van der Waals surface area contributed by atoms with Crippen LogP contribution >= 0.6 is 0 Å². The van der Waals surface area contributed by atoms with Crippen LogP contribution in [0.5, 0.6) is 5.75 Å². The van der Waals surface area contributed by atoms with Gasteiger partial charge in [-0.25, -0.2) is 9.79 Å². The highest BCUT2D eigenvalue weighted by atomic mass is 16.6. The van der Waals surface area contributed by atoms with Crippen LogP contribution in [0, 0.1) is 0 Å². The largest absolute Gasteiger partial charge is 0.496 e. The standard InChI is InChI=1S/C19H15NO3/c1-22-17-10-6-5-9-15(17)11-12-18-20-16(19(21)23-18)13-14-7-3-2-4-8-14/h2-13H,1H3/b12-11+,16-13?. The first-order valence-corrected chi connectivity index (χ1v) is 7.15. The number of rotatable bonds is 4. The van der Waals surface area contributed by atoms with Gasteiger partial charge in [0.25, 0.3) is 0 Å². The van der Waals surface area contributed by atoms with Gasteiger partial charge in [0.05, 0.1) is 7.11 Å². The molecule has 1 aliphatic heterocycles. The molecule has 0 saturated heterocycles. The van der Waals surface area contributed by atoms with Crippen molar-refractivity contribution >= 4 is 24.0 Å². The lowest BCUT2D eigenvalue weighted by atomic mass is 10.2. The van der Waals surface area contributed by atoms with Crippen LogP contribution in [0.1, 0.15) is 11.1 Å². The number of para-hydroxylation sites is 1. The molecular formula is C19H15NO3. The quantitative estimate of drug-likeness (QED) is 0.639. The van der Waals surface area contributed by atoms with Crippen LogP contribution in [0.2, 0.25) is 0 Å². The van der Waals surface area contributed by atoms with Gasteiger partial charge in [-0.15, -0.1) is 0 Å². The summed E-state index contributed by atoms with van der Waals surface area (Å²) in [7, 11) is 1.61. The van der Waals surface area contributed by atoms with Crippen molar-refractivity contribution in [3.8, 4) is 5.75 Å². The molecular weight excluding hydrogens is 290 g/mol. The van der Waals surface area contributed by atoms with E-state index in [1.54, 1.807) is 25.3 Å². The van der Waals surface area contributed by atoms with Gasteiger partial charge in [0, 0.05) is 11.6 Å². The Morgan fingerprint density at radius 1 is 1.00 bits per heavy atom. The van der Waals surface area contributed by atoms with Gasteiger partial charge >= 0.3 is 5.97 Å². The number of aliphatic imine (C=N–C) groups is 1. The third-order valence-corrected chi connectivity index (χ3v) is 3.28. The molecule has 2 aromatic rings. The van der Waals surface area contributed by atoms with Crippen LogP contribution in [-0.4, -0.2) is 19.0 Å². The number of hydrogen-bond acceptors (Lipinski definition) is 4. The Labute approximate surface area is 134 Å². The Morgan fingerprint density at radius 3 is 2.52 bits per heavy atom. The normalized spacial score (nSPS) is 15.8. The zero-order valence-electron chi connectivity index (χ0n) is 12.6. The van der Waals surface area contributed by atoms with Crippen LogP contribution in [0.25, 0.3) is 12.2 Å². The first kappa shape index (κ1) is 14.8. The van der Waals surface area contributed by atoms with Crippen molar-refractivity contribution in [1.82, 2.24) is 0 Å². The fourth-order valence-electron chi connectivity index (χ4n) is 2.17. The minimum absolute atomic E-state index is 0.267. The molecule has 0 bridgehead atoms. The van der Waals surface area contributed by atoms with E-state index in [-0.39, 0.29) is 11.6 Å². The van der Waals surface area contributed by atoms with E-state index in [0.29, 0.717) is 0 Å². The van der Waals surface area contributed by atoms with E-state index < -0.39 is 5.97 Å². The number of methoxy groups -OCH3 is 1. The summed E-state index contributed by atoms with van der Waals surface area (Å²) in [6.07, 6.45) is 5.16. The monoisotopic (exact) mass is 305 g/mol. The molecule has 0 spiro atoms. The number of esters is 1. The second kappa shape index (κ2) is 6.75. The van der Waals surface area contributed by atoms with E-state index in [9.17, 15) is 4.79 Å². The lowest BCUT2D eigenvalue weighted by Gasteiger charge is -2.02. The fraction of sp³-hybridized carbons (Fsp3) is 0.0526. The van der Waals surface area contributed by atoms with E-state index in [1.165, 1.54) is 0 Å². The maximum atomic E-state index is 11.9. The molecule has 0 unspecified atom stereocenters. The van der Waals surface area contributed by atoms with Gasteiger partial charge in [-0.1, -0.05) is 48.5 Å². The second-order valence-electron chi connectivity index (χ2n) is 4.86. The average Bonchev–Trinajstić information content (AvgIpc) is 2.94. The predicted molar refractivity (Wildman–Crippen MR) is 90.0 cm³/mol. The third-order valence-electron chi connectivity index (χ3n) is 3.28. The lowest BCUT2D eigenvalue weighted by molar-refractivity contribution is -0.129. The van der Waals surface area contributed by atoms with Crippen LogP contribution in [0.15, 0.2) is 71.4 Å². The Morgan fingerprint density at radius 2 is 1.74 bits per heavy atom. The number of cyclic esters (lactones) is 1. The average molecular weight is 305 g/mol. The van der Waals surface area contributed by atoms with Gasteiger partial charge in [0.1, 0.15) is 5.75 Å². The highest BCUT2D eigenvalue weighted by Gasteiger charge is 2.21. The van der Waals surface area contributed by atoms with E-state index >= 15 is 0 Å². The highest BCUT2D eigenvalue weighted by Crippen LogP contribution is 2.20. The van der Waals surface area contributed by atoms with Gasteiger partial charge in [-0.2, -0.15) is 0 Å². The van der Waals surface area contributed by atoms with Crippen molar-refractivity contribution in [2.75, 3.05) is 7.11 Å². The van der Waals surface area contributed by atoms with Crippen LogP contribution in [0.3, 0.4) is 0 Å². The van der Waals surface area contributed by atoms with Crippen LogP contribution < -0.4 is 4.74 Å². The third kappa shape index (κ3) is 3.55. The Hall–Kier alpha value is -3.14. The molecule has 4 heteroatoms. The molecule has 1 aliphatic rings. The molecule has 3 rings (SSSR count). The van der Waals surface area contributed by atoms with E-state index in [2.05, 4.69) is 4.99 Å². The maximum absolute atomic E-state index is 11.9. The number of nitrogens with zero attached hydrogens (tertiary/aromatic N) is 1. The minimum atomic E-state index is -0.450. The van der Waals surface area contributed by atoms with E-state index in [1.807, 2.05) is 54.6 Å². The molecule has 0 atom stereocenters. The minimum Gasteiger partial charge on any atom is -0.496 e. The maximum Gasteiger partial charge on any atom is 0.363 e. The Bertz CT molecular complexity index is 804. The first-order chi connectivity index (χ1) is 11.3. The smallest absolute Gasteiger partial charge is 0.363 e. The molecule has 0 saturated carbocycles. The number of ether oxygens (including phenoxy) is 2. The van der Waals surface area contributed by atoms with Crippen LogP contribution in [-0.2, 0) is 9.53 Å². The highest BCUT2D eigenvalue weighted by molar-refractivity contribution is 6.11. The fourth-order valence-corrected chi connectivity index (χ4v) is 2.17. The van der Waals surface area contributed by atoms with Crippen molar-refractivity contribution in [1.29, 1.82) is 0 Å². The molecule has 0 N–H and O–H groups in total. The summed E-state index contributed by atoms with van der Waals surface area (Å²) in [5.74, 6) is 0.561. The van der Waals surface area contributed by atoms with E-state index in [4.69, 9.17) is 9.47 Å². The molecule has 114 valence electrons. The van der Waals surface area contributed by atoms with Gasteiger partial charge in [-0.3, -0.25) is 0 Å². The summed E-state index contributed by atoms with van der Waals surface area (Å²) in [6.45, 7) is 0. The summed E-state index contributed by atoms with van der Waals surface area (Å²) >= 11 is 0. The van der Waals surface area contributed by atoms with Crippen molar-refractivity contribution < 1.29 is 14.3 Å². The van der Waals surface area contributed by atoms with Crippen molar-refractivity contribution in [2.24, 2.45) is 4.99 Å². The molecule has 1 heterocycles. The summed E-state index contributed by atoms with van der Waals surface area (Å²) in [5.41, 5.74) is 2.07. The summed E-state index contributed by atoms with van der Waals surface area (Å²) in [5, 5.41) is 0. The molecule has 0 aromatic heterocycles. The van der Waals surface area contributed by atoms with Gasteiger partial charge < -0.3 is 9.47 Å². The summed E-state index contributed by atoms with van der Waals surface area (Å²) in [6, 6.07) is 17.1. The lowest BCUT2D eigenvalue weighted by Crippen LogP contribution is -2.01. The topological polar surface area (TPSA) is 47.9 Å². The zero-order valence-corrected chi connectivity index (χ0v) is 12.6. The number of carbonyl (C=O) groups excluding carboxylic acids is 1. The Balaban J connectivity index is 1.82. The van der Waals surface area contributed by atoms with Gasteiger partial charge in [0.2, 0.25) is 5.90 Å². The Kier molecular flexibility index (Phi) is 4.34. The molecule has 0 aliphatic carbocycles. The second-order valence-corrected chi connectivity index (χ2v) is 4.86. The SMILES string of the molecule is COc1ccccc1/C=C/C1=NC(=Cc2ccccc2)C(=O)O1. The van der Waals surface area contributed by atoms with Crippen molar-refractivity contribution in [3.05, 3.63) is 77.5 Å². The number of carbonyl (C=O) groups is 1. The number of benzene rings is 2. The molecule has 0 fully saturated rings. The molecule has 0 amide bonds. The van der Waals surface area contributed by atoms with Gasteiger partial charge in [-0.05, 0) is 23.8 Å². The summed E-state index contributed by atoms with van der Waals surface area (Å²) in [4.78, 5) is 16.1. The molecule has 23 heavy (non-hydrogen) atoms. The molecule has 2 aromatic carbocycles.